The Kier molecular flexibility index (Phi) is 7.87. The zero-order chi connectivity index (χ0) is 14.4. The second-order valence-electron chi connectivity index (χ2n) is 3.70. The van der Waals surface area contributed by atoms with Gasteiger partial charge in [-0.1, -0.05) is 6.92 Å². The minimum Gasteiger partial charge on any atom is -0.465 e. The summed E-state index contributed by atoms with van der Waals surface area (Å²) < 4.78 is 8.14. The zero-order valence-corrected chi connectivity index (χ0v) is 16.6. The van der Waals surface area contributed by atoms with Crippen molar-refractivity contribution < 1.29 is 14.3 Å². The van der Waals surface area contributed by atoms with Gasteiger partial charge in [-0.3, -0.25) is 9.59 Å². The third-order valence-corrected chi connectivity index (χ3v) is 6.97. The standard InChI is InChI=1S/C12H12I3NO3/c1-2-3-19-11(18)6-10(17)16-7-4-8(13)12(15)9(14)5-7/h4-5H,2-3,6H2,1H3,(H,16,17). The van der Waals surface area contributed by atoms with E-state index in [0.29, 0.717) is 12.3 Å². The Morgan fingerprint density at radius 3 is 2.32 bits per heavy atom. The lowest BCUT2D eigenvalue weighted by molar-refractivity contribution is -0.145. The zero-order valence-electron chi connectivity index (χ0n) is 10.1. The van der Waals surface area contributed by atoms with Crippen molar-refractivity contribution in [2.45, 2.75) is 19.8 Å². The Bertz CT molecular complexity index is 468. The SMILES string of the molecule is CCCOC(=O)CC(=O)Nc1cc(I)c(I)c(I)c1. The van der Waals surface area contributed by atoms with Gasteiger partial charge < -0.3 is 10.1 Å². The molecule has 1 amide bonds. The summed E-state index contributed by atoms with van der Waals surface area (Å²) in [6.07, 6.45) is 0.500. The molecule has 1 rings (SSSR count). The summed E-state index contributed by atoms with van der Waals surface area (Å²) in [5.41, 5.74) is 0.697. The molecule has 1 N–H and O–H groups in total. The largest absolute Gasteiger partial charge is 0.465 e. The van der Waals surface area contributed by atoms with Gasteiger partial charge in [0, 0.05) is 16.4 Å². The molecule has 104 valence electrons. The first-order valence-corrected chi connectivity index (χ1v) is 8.77. The number of amides is 1. The van der Waals surface area contributed by atoms with Crippen LogP contribution < -0.4 is 5.32 Å². The van der Waals surface area contributed by atoms with Gasteiger partial charge in [0.25, 0.3) is 0 Å². The highest BCUT2D eigenvalue weighted by Crippen LogP contribution is 2.25. The molecule has 0 bridgehead atoms. The molecule has 1 aromatic carbocycles. The minimum absolute atomic E-state index is 0.251. The average Bonchev–Trinajstić information content (AvgIpc) is 2.33. The van der Waals surface area contributed by atoms with Crippen LogP contribution in [0.25, 0.3) is 0 Å². The summed E-state index contributed by atoms with van der Waals surface area (Å²) in [6, 6.07) is 3.75. The molecule has 0 saturated carbocycles. The van der Waals surface area contributed by atoms with E-state index in [4.69, 9.17) is 4.74 Å². The Balaban J connectivity index is 2.60. The van der Waals surface area contributed by atoms with Crippen LogP contribution in [0.3, 0.4) is 0 Å². The Hall–Kier alpha value is 0.350. The molecule has 0 aliphatic heterocycles. The number of hydrogen-bond acceptors (Lipinski definition) is 3. The van der Waals surface area contributed by atoms with Crippen LogP contribution >= 0.6 is 67.8 Å². The summed E-state index contributed by atoms with van der Waals surface area (Å²) in [6.45, 7) is 2.26. The fourth-order valence-electron chi connectivity index (χ4n) is 1.23. The topological polar surface area (TPSA) is 55.4 Å². The highest BCUT2D eigenvalue weighted by molar-refractivity contribution is 14.1. The lowest BCUT2D eigenvalue weighted by Crippen LogP contribution is -2.18. The van der Waals surface area contributed by atoms with Crippen LogP contribution in [-0.4, -0.2) is 18.5 Å². The van der Waals surface area contributed by atoms with Crippen molar-refractivity contribution in [3.63, 3.8) is 0 Å². The number of esters is 1. The monoisotopic (exact) mass is 599 g/mol. The van der Waals surface area contributed by atoms with Crippen LogP contribution in [0.5, 0.6) is 0 Å². The predicted molar refractivity (Wildman–Crippen MR) is 99.1 cm³/mol. The summed E-state index contributed by atoms with van der Waals surface area (Å²) >= 11 is 6.67. The van der Waals surface area contributed by atoms with Crippen molar-refractivity contribution in [1.29, 1.82) is 0 Å². The summed E-state index contributed by atoms with van der Waals surface area (Å²) in [5.74, 6) is -0.844. The van der Waals surface area contributed by atoms with Gasteiger partial charge >= 0.3 is 5.97 Å². The number of ether oxygens (including phenoxy) is 1. The highest BCUT2D eigenvalue weighted by Gasteiger charge is 2.12. The number of carbonyl (C=O) groups is 2. The van der Waals surface area contributed by atoms with E-state index in [1.807, 2.05) is 19.1 Å². The normalized spacial score (nSPS) is 10.1. The molecule has 1 aromatic rings. The molecule has 0 aromatic heterocycles. The Morgan fingerprint density at radius 1 is 1.21 bits per heavy atom. The van der Waals surface area contributed by atoms with E-state index >= 15 is 0 Å². The van der Waals surface area contributed by atoms with Gasteiger partial charge in [0.05, 0.1) is 6.61 Å². The quantitative estimate of drug-likeness (QED) is 0.243. The molecule has 0 spiro atoms. The molecular weight excluding hydrogens is 587 g/mol. The lowest BCUT2D eigenvalue weighted by Gasteiger charge is -2.08. The molecule has 0 fully saturated rings. The highest BCUT2D eigenvalue weighted by atomic mass is 127. The number of anilines is 1. The van der Waals surface area contributed by atoms with Crippen molar-refractivity contribution in [2.24, 2.45) is 0 Å². The molecule has 0 radical (unpaired) electrons. The van der Waals surface area contributed by atoms with E-state index in [2.05, 4.69) is 73.1 Å². The average molecular weight is 599 g/mol. The molecule has 4 nitrogen and oxygen atoms in total. The van der Waals surface area contributed by atoms with Crippen LogP contribution in [0.2, 0.25) is 0 Å². The number of benzene rings is 1. The van der Waals surface area contributed by atoms with Gasteiger partial charge in [0.15, 0.2) is 0 Å². The third-order valence-electron chi connectivity index (χ3n) is 2.04. The maximum Gasteiger partial charge on any atom is 0.315 e. The summed E-state index contributed by atoms with van der Waals surface area (Å²) in [4.78, 5) is 23.0. The second kappa shape index (κ2) is 8.60. The number of halogens is 3. The van der Waals surface area contributed by atoms with Crippen LogP contribution in [0.15, 0.2) is 12.1 Å². The Labute approximate surface area is 152 Å². The number of hydrogen-bond donors (Lipinski definition) is 1. The van der Waals surface area contributed by atoms with E-state index in [1.54, 1.807) is 0 Å². The van der Waals surface area contributed by atoms with Crippen molar-refractivity contribution in [3.8, 4) is 0 Å². The van der Waals surface area contributed by atoms with Gasteiger partial charge in [-0.05, 0) is 86.3 Å². The van der Waals surface area contributed by atoms with Gasteiger partial charge in [0.1, 0.15) is 6.42 Å². The fraction of sp³-hybridized carbons (Fsp3) is 0.333. The molecule has 0 atom stereocenters. The summed E-state index contributed by atoms with van der Waals surface area (Å²) in [7, 11) is 0. The fourth-order valence-corrected chi connectivity index (χ4v) is 3.31. The summed E-state index contributed by atoms with van der Waals surface area (Å²) in [5, 5.41) is 2.71. The molecule has 0 aliphatic rings. The smallest absolute Gasteiger partial charge is 0.315 e. The Morgan fingerprint density at radius 2 is 1.79 bits per heavy atom. The van der Waals surface area contributed by atoms with Crippen molar-refractivity contribution in [1.82, 2.24) is 0 Å². The third kappa shape index (κ3) is 6.10. The van der Waals surface area contributed by atoms with Crippen molar-refractivity contribution in [3.05, 3.63) is 22.8 Å². The lowest BCUT2D eigenvalue weighted by atomic mass is 10.3. The first kappa shape index (κ1) is 17.4. The van der Waals surface area contributed by atoms with E-state index < -0.39 is 5.97 Å². The molecule has 19 heavy (non-hydrogen) atoms. The molecular formula is C12H12I3NO3. The first-order chi connectivity index (χ1) is 8.93. The van der Waals surface area contributed by atoms with E-state index in [1.165, 1.54) is 0 Å². The first-order valence-electron chi connectivity index (χ1n) is 5.54. The number of nitrogens with one attached hydrogen (secondary N) is 1. The predicted octanol–water partition coefficient (Wildman–Crippen LogP) is 3.78. The maximum atomic E-state index is 11.7. The molecule has 0 unspecified atom stereocenters. The van der Waals surface area contributed by atoms with Gasteiger partial charge in [0.2, 0.25) is 5.91 Å². The minimum atomic E-state index is -0.491. The van der Waals surface area contributed by atoms with E-state index in [-0.39, 0.29) is 12.3 Å². The van der Waals surface area contributed by atoms with Gasteiger partial charge in [-0.15, -0.1) is 0 Å². The molecule has 0 saturated heterocycles. The van der Waals surface area contributed by atoms with Crippen molar-refractivity contribution in [2.75, 3.05) is 11.9 Å². The van der Waals surface area contributed by atoms with E-state index in [0.717, 1.165) is 17.1 Å². The van der Waals surface area contributed by atoms with Crippen LogP contribution in [0.4, 0.5) is 5.69 Å². The maximum absolute atomic E-state index is 11.7. The number of rotatable bonds is 5. The second-order valence-corrected chi connectivity index (χ2v) is 7.10. The van der Waals surface area contributed by atoms with E-state index in [9.17, 15) is 9.59 Å². The van der Waals surface area contributed by atoms with Crippen molar-refractivity contribution >= 4 is 85.3 Å². The van der Waals surface area contributed by atoms with Crippen LogP contribution in [-0.2, 0) is 14.3 Å². The van der Waals surface area contributed by atoms with Crippen LogP contribution in [0, 0.1) is 10.7 Å². The molecule has 7 heteroatoms. The molecule has 0 aliphatic carbocycles. The number of carbonyl (C=O) groups excluding carboxylic acids is 2. The van der Waals surface area contributed by atoms with Gasteiger partial charge in [-0.2, -0.15) is 0 Å². The van der Waals surface area contributed by atoms with Gasteiger partial charge in [-0.25, -0.2) is 0 Å². The molecule has 0 heterocycles. The van der Waals surface area contributed by atoms with Crippen LogP contribution in [0.1, 0.15) is 19.8 Å².